The van der Waals surface area contributed by atoms with E-state index in [1.54, 1.807) is 18.3 Å². The number of allylic oxidation sites excluding steroid dienone is 1. The number of aromatic nitrogens is 5. The predicted octanol–water partition coefficient (Wildman–Crippen LogP) is 2.85. The number of halogens is 3. The normalized spacial score (nSPS) is 11.7. The van der Waals surface area contributed by atoms with Gasteiger partial charge in [-0.1, -0.05) is 11.3 Å². The van der Waals surface area contributed by atoms with Crippen molar-refractivity contribution in [3.63, 3.8) is 0 Å². The topological polar surface area (TPSA) is 112 Å². The van der Waals surface area contributed by atoms with E-state index in [1.165, 1.54) is 16.8 Å². The van der Waals surface area contributed by atoms with Gasteiger partial charge in [0.25, 0.3) is 0 Å². The molecule has 3 rings (SSSR count). The molecule has 0 spiro atoms. The molecule has 150 valence electrons. The summed E-state index contributed by atoms with van der Waals surface area (Å²) in [5.41, 5.74) is 5.97. The molecule has 0 fully saturated rings. The fourth-order valence-electron chi connectivity index (χ4n) is 2.45. The molecule has 3 N–H and O–H groups in total. The summed E-state index contributed by atoms with van der Waals surface area (Å²) in [6, 6.07) is 5.24. The van der Waals surface area contributed by atoms with Gasteiger partial charge in [0.05, 0.1) is 24.0 Å². The van der Waals surface area contributed by atoms with Crippen molar-refractivity contribution in [1.29, 1.82) is 0 Å². The largest absolute Gasteiger partial charge is 0.416 e. The van der Waals surface area contributed by atoms with E-state index >= 15 is 0 Å². The number of anilines is 2. The first kappa shape index (κ1) is 20.0. The van der Waals surface area contributed by atoms with Gasteiger partial charge in [0.2, 0.25) is 5.91 Å². The highest BCUT2D eigenvalue weighted by Gasteiger charge is 2.30. The average Bonchev–Trinajstić information content (AvgIpc) is 3.09. The van der Waals surface area contributed by atoms with Gasteiger partial charge in [0.1, 0.15) is 17.3 Å². The molecule has 3 aromatic heterocycles. The van der Waals surface area contributed by atoms with Gasteiger partial charge in [0, 0.05) is 12.3 Å². The van der Waals surface area contributed by atoms with Gasteiger partial charge in [-0.15, -0.1) is 5.10 Å². The van der Waals surface area contributed by atoms with E-state index < -0.39 is 17.6 Å². The lowest BCUT2D eigenvalue weighted by molar-refractivity contribution is -0.137. The van der Waals surface area contributed by atoms with Crippen molar-refractivity contribution in [2.24, 2.45) is 5.73 Å². The first-order chi connectivity index (χ1) is 13.7. The maximum atomic E-state index is 12.9. The van der Waals surface area contributed by atoms with Gasteiger partial charge in [0.15, 0.2) is 0 Å². The van der Waals surface area contributed by atoms with Crippen molar-refractivity contribution in [3.8, 4) is 11.4 Å². The van der Waals surface area contributed by atoms with E-state index in [1.807, 2.05) is 6.92 Å². The van der Waals surface area contributed by atoms with Gasteiger partial charge >= 0.3 is 6.18 Å². The highest BCUT2D eigenvalue weighted by atomic mass is 19.4. The lowest BCUT2D eigenvalue weighted by atomic mass is 10.2. The van der Waals surface area contributed by atoms with Crippen LogP contribution in [-0.2, 0) is 17.5 Å². The number of amides is 1. The molecule has 0 aliphatic carbocycles. The van der Waals surface area contributed by atoms with Crippen LogP contribution in [0, 0.1) is 6.92 Å². The Morgan fingerprint density at radius 1 is 1.24 bits per heavy atom. The highest BCUT2D eigenvalue weighted by Crippen LogP contribution is 2.30. The number of carbonyl (C=O) groups excluding carboxylic acids is 1. The molecule has 0 bridgehead atoms. The second-order valence-electron chi connectivity index (χ2n) is 6.10. The zero-order valence-electron chi connectivity index (χ0n) is 15.2. The third-order valence-electron chi connectivity index (χ3n) is 3.69. The number of hydrogen-bond donors (Lipinski definition) is 2. The molecule has 8 nitrogen and oxygen atoms in total. The smallest absolute Gasteiger partial charge is 0.366 e. The Morgan fingerprint density at radius 2 is 2.03 bits per heavy atom. The molecule has 0 saturated carbocycles. The number of alkyl halides is 3. The Kier molecular flexibility index (Phi) is 5.57. The second-order valence-corrected chi connectivity index (χ2v) is 6.10. The van der Waals surface area contributed by atoms with Gasteiger partial charge in [-0.05, 0) is 36.8 Å². The molecule has 0 aromatic carbocycles. The minimum Gasteiger partial charge on any atom is -0.366 e. The lowest BCUT2D eigenvalue weighted by Crippen LogP contribution is -2.06. The van der Waals surface area contributed by atoms with Crippen molar-refractivity contribution >= 4 is 17.5 Å². The van der Waals surface area contributed by atoms with Crippen molar-refractivity contribution in [1.82, 2.24) is 25.0 Å². The summed E-state index contributed by atoms with van der Waals surface area (Å²) in [7, 11) is 0. The molecule has 0 saturated heterocycles. The average molecular weight is 403 g/mol. The quantitative estimate of drug-likeness (QED) is 0.612. The van der Waals surface area contributed by atoms with E-state index in [4.69, 9.17) is 5.73 Å². The molecular weight excluding hydrogens is 387 g/mol. The zero-order chi connectivity index (χ0) is 21.0. The van der Waals surface area contributed by atoms with E-state index in [9.17, 15) is 18.0 Å². The molecule has 0 radical (unpaired) electrons. The summed E-state index contributed by atoms with van der Waals surface area (Å²) in [4.78, 5) is 19.0. The summed E-state index contributed by atoms with van der Waals surface area (Å²) < 4.78 is 40.1. The fourth-order valence-corrected chi connectivity index (χ4v) is 2.45. The fraction of sp³-hybridized carbons (Fsp3) is 0.167. The SMILES string of the molecule is Cc1cc(Nc2cc(C(F)(F)F)ccn2)nc(-c2cn(CC=CC(N)=O)nn2)c1. The predicted molar refractivity (Wildman–Crippen MR) is 98.8 cm³/mol. The molecule has 1 amide bonds. The first-order valence-corrected chi connectivity index (χ1v) is 8.36. The maximum Gasteiger partial charge on any atom is 0.416 e. The Bertz CT molecular complexity index is 1060. The first-order valence-electron chi connectivity index (χ1n) is 8.36. The van der Waals surface area contributed by atoms with Crippen molar-refractivity contribution in [2.75, 3.05) is 5.32 Å². The third-order valence-corrected chi connectivity index (χ3v) is 3.69. The number of nitrogens with zero attached hydrogens (tertiary/aromatic N) is 5. The Morgan fingerprint density at radius 3 is 2.76 bits per heavy atom. The molecule has 0 unspecified atom stereocenters. The Hall–Kier alpha value is -3.76. The monoisotopic (exact) mass is 403 g/mol. The minimum absolute atomic E-state index is 0.0177. The van der Waals surface area contributed by atoms with Crippen LogP contribution in [-0.4, -0.2) is 30.9 Å². The molecule has 3 aromatic rings. The maximum absolute atomic E-state index is 12.9. The molecule has 0 aliphatic heterocycles. The number of rotatable bonds is 6. The number of nitrogens with two attached hydrogens (primary N) is 1. The summed E-state index contributed by atoms with van der Waals surface area (Å²) >= 11 is 0. The standard InChI is InChI=1S/C18H16F3N7O/c1-11-7-13(14-10-28(27-26-14)6-2-3-15(22)29)24-17(8-11)25-16-9-12(4-5-23-16)18(19,20)21/h2-5,7-10H,6H2,1H3,(H2,22,29)(H,23,24,25). The van der Waals surface area contributed by atoms with Gasteiger partial charge in [-0.25, -0.2) is 14.6 Å². The molecule has 0 aliphatic rings. The van der Waals surface area contributed by atoms with Crippen LogP contribution < -0.4 is 11.1 Å². The number of pyridine rings is 2. The summed E-state index contributed by atoms with van der Waals surface area (Å²) in [5.74, 6) is -0.233. The molecule has 0 atom stereocenters. The van der Waals surface area contributed by atoms with E-state index in [-0.39, 0.29) is 5.82 Å². The van der Waals surface area contributed by atoms with Crippen LogP contribution in [0.4, 0.5) is 24.8 Å². The van der Waals surface area contributed by atoms with Crippen LogP contribution in [0.1, 0.15) is 11.1 Å². The molecule has 29 heavy (non-hydrogen) atoms. The molecule has 3 heterocycles. The highest BCUT2D eigenvalue weighted by molar-refractivity contribution is 5.85. The molecule has 11 heteroatoms. The van der Waals surface area contributed by atoms with Crippen molar-refractivity contribution in [2.45, 2.75) is 19.6 Å². The van der Waals surface area contributed by atoms with Crippen molar-refractivity contribution < 1.29 is 18.0 Å². The summed E-state index contributed by atoms with van der Waals surface area (Å²) in [6.07, 6.45) is 0.992. The van der Waals surface area contributed by atoms with Crippen LogP contribution in [0.25, 0.3) is 11.4 Å². The lowest BCUT2D eigenvalue weighted by Gasteiger charge is -2.10. The zero-order valence-corrected chi connectivity index (χ0v) is 15.2. The van der Waals surface area contributed by atoms with Gasteiger partial charge in [-0.2, -0.15) is 13.2 Å². The van der Waals surface area contributed by atoms with Crippen LogP contribution >= 0.6 is 0 Å². The van der Waals surface area contributed by atoms with Crippen molar-refractivity contribution in [3.05, 3.63) is 59.9 Å². The number of hydrogen-bond acceptors (Lipinski definition) is 6. The van der Waals surface area contributed by atoms with E-state index in [0.29, 0.717) is 23.8 Å². The van der Waals surface area contributed by atoms with Crippen LogP contribution in [0.2, 0.25) is 0 Å². The van der Waals surface area contributed by atoms with Gasteiger partial charge < -0.3 is 11.1 Å². The van der Waals surface area contributed by atoms with Gasteiger partial charge in [-0.3, -0.25) is 4.79 Å². The minimum atomic E-state index is -4.47. The number of nitrogens with one attached hydrogen (secondary N) is 1. The second kappa shape index (κ2) is 8.09. The summed E-state index contributed by atoms with van der Waals surface area (Å²) in [5, 5.41) is 10.7. The summed E-state index contributed by atoms with van der Waals surface area (Å²) in [6.45, 7) is 2.11. The number of aryl methyl sites for hydroxylation is 1. The number of primary amides is 1. The number of carbonyl (C=O) groups is 1. The van der Waals surface area contributed by atoms with Crippen LogP contribution in [0.5, 0.6) is 0 Å². The van der Waals surface area contributed by atoms with Crippen LogP contribution in [0.3, 0.4) is 0 Å². The molecular formula is C18H16F3N7O. The van der Waals surface area contributed by atoms with Crippen LogP contribution in [0.15, 0.2) is 48.8 Å². The van der Waals surface area contributed by atoms with E-state index in [0.717, 1.165) is 23.9 Å². The third kappa shape index (κ3) is 5.37. The Labute approximate surface area is 163 Å². The van der Waals surface area contributed by atoms with E-state index in [2.05, 4.69) is 25.6 Å². The Balaban J connectivity index is 1.82.